The molecular formula is C83H118N2O21Si8. The van der Waals surface area contributed by atoms with E-state index in [9.17, 15) is 29.7 Å². The number of aliphatic hydroxyl groups is 3. The van der Waals surface area contributed by atoms with Crippen LogP contribution in [0.3, 0.4) is 0 Å². The molecule has 618 valence electrons. The molecule has 6 aromatic rings. The average molecular weight is 1700 g/mol. The first-order valence-corrected chi connectivity index (χ1v) is 56.9. The zero-order chi connectivity index (χ0) is 81.3. The molecule has 23 nitrogen and oxygen atoms in total. The number of rotatable bonds is 42. The minimum absolute atomic E-state index is 0.0102. The van der Waals surface area contributed by atoms with E-state index < -0.39 is 97.8 Å². The lowest BCUT2D eigenvalue weighted by Crippen LogP contribution is -3.00. The summed E-state index contributed by atoms with van der Waals surface area (Å²) in [6.45, 7) is 31.1. The molecule has 31 heteroatoms. The Morgan fingerprint density at radius 2 is 0.579 bits per heavy atom. The van der Waals surface area contributed by atoms with Crippen LogP contribution in [0.4, 0.5) is 0 Å². The summed E-state index contributed by atoms with van der Waals surface area (Å²) in [6, 6.07) is 51.0. The smallest absolute Gasteiger partial charge is 0.491 e. The van der Waals surface area contributed by atoms with Crippen LogP contribution < -0.4 is 14.2 Å². The quantitative estimate of drug-likeness (QED) is 0.0238. The highest BCUT2D eigenvalue weighted by atomic mass is 28.6. The van der Waals surface area contributed by atoms with Crippen LogP contribution in [0.2, 0.25) is 48.4 Å². The first-order valence-electron chi connectivity index (χ1n) is 41.1. The normalized spacial score (nSPS) is 29.3. The molecule has 0 saturated carbocycles. The molecule has 7 aliphatic rings. The average Bonchev–Trinajstić information content (AvgIpc) is 1.41. The van der Waals surface area contributed by atoms with Gasteiger partial charge in [-0.3, -0.25) is 24.2 Å². The van der Waals surface area contributed by atoms with E-state index in [1.165, 1.54) is 0 Å². The van der Waals surface area contributed by atoms with E-state index in [1.54, 1.807) is 109 Å². The monoisotopic (exact) mass is 1700 g/mol. The van der Waals surface area contributed by atoms with Gasteiger partial charge in [-0.2, -0.15) is 0 Å². The number of ketones is 3. The van der Waals surface area contributed by atoms with Gasteiger partial charge >= 0.3 is 69.5 Å². The molecule has 7 fully saturated rings. The second-order valence-corrected chi connectivity index (χ2v) is 60.9. The standard InChI is InChI=1S/C83H118N2O21Si8/c1-60(2)53-107-82-95-112(57-64(9)10)96-83-98-113(97-82,58-65(11)12)106-114(59-66(13)14,103-109(82,99-107)55-62(5)6)104-110(83,56-63(7)8)100-108(83,54-61(3)4)102-111(101-107,105-112)46-24-43-84(47-73(86)50-92-76-37-31-70(32-38-76)79(89)67-25-18-15-19-26-67)44-45-85(48-74(87)51-93-77-39-33-71(34-40-77)80(90)68-27-20-16-21-28-68)49-75(88)52-94-78-41-35-72(36-42-78)81(91)69-29-22-17-23-30-69/h15-23,25-42,60-66,73-75,86-88H,24,43-59H2,1-14H3. The SMILES string of the molecule is CC(C)C[Si]12OC34O[Si]5(CC(C)C)OC6(O1)[Si]1(CC(C)C)O[Si](CCCN(CCN(CC(O)COc7ccc(C(=O)c8ccccc8)cc7)CC(O)COc7ccc(C(=O)c8ccccc8)cc7)CC(O)COc7ccc(C(=O)c8ccccc8)cc7)(O2)O[Si]3(CC(C)C)O[Si]4(CC(C)C)O[Si](CC(C)C)(O5)O[Si]6(CC(C)C)O1. The maximum atomic E-state index is 13.5. The number of carbonyl (C=O) groups is 3. The van der Waals surface area contributed by atoms with E-state index in [0.29, 0.717) is 112 Å². The number of carbonyl (C=O) groups excluding carboxylic acids is 3. The molecule has 0 radical (unpaired) electrons. The van der Waals surface area contributed by atoms with E-state index in [-0.39, 0.29) is 111 Å². The molecule has 7 aliphatic heterocycles. The van der Waals surface area contributed by atoms with Crippen molar-refractivity contribution in [3.63, 3.8) is 0 Å². The molecule has 3 N–H and O–H groups in total. The fraction of sp³-hybridized carbons (Fsp3) is 0.530. The van der Waals surface area contributed by atoms with Crippen molar-refractivity contribution in [1.29, 1.82) is 0 Å². The van der Waals surface area contributed by atoms with E-state index in [0.717, 1.165) is 0 Å². The van der Waals surface area contributed by atoms with Crippen LogP contribution in [-0.4, -0.2) is 199 Å². The predicted molar refractivity (Wildman–Crippen MR) is 448 cm³/mol. The minimum atomic E-state index is -4.38. The Morgan fingerprint density at radius 3 is 0.886 bits per heavy atom. The fourth-order valence-corrected chi connectivity index (χ4v) is 76.5. The van der Waals surface area contributed by atoms with Gasteiger partial charge in [-0.15, -0.1) is 0 Å². The second-order valence-electron chi connectivity index (χ2n) is 35.1. The van der Waals surface area contributed by atoms with Gasteiger partial charge in [0.25, 0.3) is 0 Å². The Kier molecular flexibility index (Phi) is 26.8. The second kappa shape index (κ2) is 35.2. The van der Waals surface area contributed by atoms with Crippen molar-refractivity contribution in [2.45, 2.75) is 180 Å². The number of fused-ring (bicyclic) bond motifs is 2. The number of hydrogen-bond acceptors (Lipinski definition) is 23. The summed E-state index contributed by atoms with van der Waals surface area (Å²) in [7, 11) is -33.1. The van der Waals surface area contributed by atoms with Crippen LogP contribution in [-0.2, 0) is 50.6 Å². The van der Waals surface area contributed by atoms with Crippen LogP contribution in [0, 0.1) is 41.4 Å². The number of hydrogen-bond donors (Lipinski definition) is 3. The van der Waals surface area contributed by atoms with Crippen molar-refractivity contribution < 1.29 is 94.5 Å². The first kappa shape index (κ1) is 86.6. The minimum Gasteiger partial charge on any atom is -0.491 e. The third-order valence-corrected chi connectivity index (χ3v) is 65.6. The lowest BCUT2D eigenvalue weighted by molar-refractivity contribution is -0.202. The van der Waals surface area contributed by atoms with Crippen molar-refractivity contribution >= 4 is 86.8 Å². The zero-order valence-corrected chi connectivity index (χ0v) is 76.7. The van der Waals surface area contributed by atoms with Gasteiger partial charge in [0, 0.05) is 90.3 Å². The van der Waals surface area contributed by atoms with Crippen LogP contribution in [0.15, 0.2) is 164 Å². The zero-order valence-electron chi connectivity index (χ0n) is 68.7. The molecular weight excluding hydrogens is 1590 g/mol. The third kappa shape index (κ3) is 18.4. The van der Waals surface area contributed by atoms with Crippen molar-refractivity contribution in [3.05, 3.63) is 197 Å². The Balaban J connectivity index is 0.846. The first-order chi connectivity index (χ1) is 54.2. The van der Waals surface area contributed by atoms with Gasteiger partial charge in [-0.1, -0.05) is 188 Å². The summed E-state index contributed by atoms with van der Waals surface area (Å²) in [5.74, 6) is 1.06. The summed E-state index contributed by atoms with van der Waals surface area (Å²) < 4.78 is 118. The Bertz CT molecular complexity index is 4070. The summed E-state index contributed by atoms with van der Waals surface area (Å²) >= 11 is 0. The molecule has 0 aliphatic carbocycles. The highest BCUT2D eigenvalue weighted by Gasteiger charge is 3.02. The maximum absolute atomic E-state index is 13.5. The van der Waals surface area contributed by atoms with Crippen LogP contribution >= 0.6 is 0 Å². The lowest BCUT2D eigenvalue weighted by Gasteiger charge is -2.71. The topological polar surface area (TPSA) is 257 Å². The van der Waals surface area contributed by atoms with E-state index in [1.807, 2.05) is 59.5 Å². The van der Waals surface area contributed by atoms with Crippen LogP contribution in [0.25, 0.3) is 0 Å². The van der Waals surface area contributed by atoms with Gasteiger partial charge in [-0.05, 0) is 151 Å². The molecule has 9 unspecified atom stereocenters. The number of nitrogens with zero attached hydrogens (tertiary/aromatic N) is 2. The summed E-state index contributed by atoms with van der Waals surface area (Å²) in [6.07, 6.45) is -2.86. The van der Waals surface area contributed by atoms with Crippen molar-refractivity contribution in [2.75, 3.05) is 59.1 Å². The van der Waals surface area contributed by atoms with Crippen molar-refractivity contribution in [2.24, 2.45) is 41.4 Å². The number of benzene rings is 6. The molecule has 0 aromatic heterocycles. The number of ether oxygens (including phenoxy) is 3. The molecule has 9 atom stereocenters. The molecule has 114 heavy (non-hydrogen) atoms. The summed E-state index contributed by atoms with van der Waals surface area (Å²) in [5, 5.41) is 33.3. The highest BCUT2D eigenvalue weighted by Crippen LogP contribution is 2.71. The summed E-state index contributed by atoms with van der Waals surface area (Å²) in [4.78, 5) is 44.3. The predicted octanol–water partition coefficient (Wildman–Crippen LogP) is 14.0. The molecule has 7 saturated heterocycles. The van der Waals surface area contributed by atoms with Gasteiger partial charge in [0.05, 0.1) is 0 Å². The third-order valence-electron chi connectivity index (χ3n) is 21.3. The Labute approximate surface area is 681 Å². The molecule has 6 bridgehead atoms. The van der Waals surface area contributed by atoms with Gasteiger partial charge in [0.2, 0.25) is 10.1 Å². The van der Waals surface area contributed by atoms with Crippen LogP contribution in [0.1, 0.15) is 151 Å². The van der Waals surface area contributed by atoms with E-state index >= 15 is 0 Å². The van der Waals surface area contributed by atoms with E-state index in [2.05, 4.69) is 102 Å². The van der Waals surface area contributed by atoms with Crippen molar-refractivity contribution in [1.82, 2.24) is 9.80 Å². The number of aliphatic hydroxyl groups excluding tert-OH is 3. The highest BCUT2D eigenvalue weighted by molar-refractivity contribution is 7.14. The lowest BCUT2D eigenvalue weighted by atomic mass is 10.0. The van der Waals surface area contributed by atoms with Gasteiger partial charge < -0.3 is 80.2 Å². The Hall–Kier alpha value is -5.21. The maximum Gasteiger partial charge on any atom is 0.497 e. The molecule has 0 amide bonds. The Morgan fingerprint density at radius 1 is 0.316 bits per heavy atom. The van der Waals surface area contributed by atoms with Crippen molar-refractivity contribution in [3.8, 4) is 17.2 Å². The fourth-order valence-electron chi connectivity index (χ4n) is 17.3. The summed E-state index contributed by atoms with van der Waals surface area (Å²) in [5.41, 5.74) is 3.16. The van der Waals surface area contributed by atoms with Gasteiger partial charge in [0.15, 0.2) is 17.3 Å². The van der Waals surface area contributed by atoms with Gasteiger partial charge in [-0.25, -0.2) is 0 Å². The van der Waals surface area contributed by atoms with Crippen LogP contribution in [0.5, 0.6) is 17.2 Å². The molecule has 2 spiro atoms. The van der Waals surface area contributed by atoms with E-state index in [4.69, 9.17) is 64.8 Å². The molecule has 7 heterocycles. The largest absolute Gasteiger partial charge is 0.497 e. The molecule has 6 aromatic carbocycles. The molecule has 13 rings (SSSR count). The van der Waals surface area contributed by atoms with Gasteiger partial charge in [0.1, 0.15) is 55.4 Å².